The van der Waals surface area contributed by atoms with E-state index >= 15 is 0 Å². The fraction of sp³-hybridized carbons (Fsp3) is 0.250. The van der Waals surface area contributed by atoms with Crippen molar-refractivity contribution in [1.82, 2.24) is 14.5 Å². The van der Waals surface area contributed by atoms with E-state index in [1.807, 2.05) is 6.20 Å². The third-order valence-electron chi connectivity index (χ3n) is 10.2. The van der Waals surface area contributed by atoms with Crippen molar-refractivity contribution in [2.75, 3.05) is 0 Å². The minimum absolute atomic E-state index is 0.295. The van der Waals surface area contributed by atoms with Gasteiger partial charge in [0, 0.05) is 33.5 Å². The van der Waals surface area contributed by atoms with Gasteiger partial charge in [0.15, 0.2) is 16.6 Å². The maximum atomic E-state index is 6.93. The molecule has 250 valence electrons. The number of fused-ring (bicyclic) bond motifs is 5. The summed E-state index contributed by atoms with van der Waals surface area (Å²) in [6.45, 7) is 18.3. The van der Waals surface area contributed by atoms with Gasteiger partial charge in [-0.3, -0.25) is 0 Å². The first kappa shape index (κ1) is 32.2. The highest BCUT2D eigenvalue weighted by molar-refractivity contribution is 6.87. The lowest BCUT2D eigenvalue weighted by molar-refractivity contribution is -0.633. The number of hydrogen-bond acceptors (Lipinski definition) is 3. The molecule has 6 heteroatoms. The monoisotopic (exact) mass is 673 g/mol. The van der Waals surface area contributed by atoms with E-state index in [4.69, 9.17) is 14.4 Å². The van der Waals surface area contributed by atoms with Crippen LogP contribution in [0.2, 0.25) is 19.6 Å². The first-order valence-corrected chi connectivity index (χ1v) is 21.3. The third kappa shape index (κ3) is 5.08. The van der Waals surface area contributed by atoms with Gasteiger partial charge < -0.3 is 4.42 Å². The van der Waals surface area contributed by atoms with Crippen LogP contribution < -0.4 is 10.0 Å². The largest absolute Gasteiger partial charge is 0.455 e. The van der Waals surface area contributed by atoms with Crippen molar-refractivity contribution in [1.29, 1.82) is 0 Å². The molecule has 0 atom stereocenters. The van der Waals surface area contributed by atoms with E-state index in [1.54, 1.807) is 0 Å². The van der Waals surface area contributed by atoms with E-state index in [1.165, 1.54) is 44.5 Å². The molecule has 0 fully saturated rings. The number of rotatable bonds is 6. The molecule has 0 bridgehead atoms. The Labute approximate surface area is 295 Å². The summed E-state index contributed by atoms with van der Waals surface area (Å²) in [5.74, 6) is 1.70. The second-order valence-corrected chi connectivity index (χ2v) is 20.4. The maximum absolute atomic E-state index is 6.93. The Morgan fingerprint density at radius 1 is 0.760 bits per heavy atom. The minimum atomic E-state index is -1.68. The number of para-hydroxylation sites is 2. The van der Waals surface area contributed by atoms with Crippen LogP contribution in [0.4, 0.5) is 0 Å². The average Bonchev–Trinajstić information content (AvgIpc) is 3.60. The molecule has 5 nitrogen and oxygen atoms in total. The molecule has 0 unspecified atom stereocenters. The summed E-state index contributed by atoms with van der Waals surface area (Å²) >= 11 is 0. The Morgan fingerprint density at radius 3 is 2.12 bits per heavy atom. The molecule has 0 N–H and O–H groups in total. The zero-order valence-electron chi connectivity index (χ0n) is 30.6. The molecule has 3 aromatic heterocycles. The summed E-state index contributed by atoms with van der Waals surface area (Å²) in [6.07, 6.45) is 1.96. The molecular weight excluding hydrogens is 629 g/mol. The summed E-state index contributed by atoms with van der Waals surface area (Å²) in [5, 5.41) is 3.18. The lowest BCUT2D eigenvalue weighted by Crippen LogP contribution is -2.42. The van der Waals surface area contributed by atoms with Crippen molar-refractivity contribution in [3.05, 3.63) is 114 Å². The summed E-state index contributed by atoms with van der Waals surface area (Å²) in [5.41, 5.74) is 14.7. The molecule has 5 aromatic carbocycles. The predicted molar refractivity (Wildman–Crippen MR) is 212 cm³/mol. The zero-order valence-corrected chi connectivity index (χ0v) is 31.6. The van der Waals surface area contributed by atoms with Gasteiger partial charge >= 0.3 is 0 Å². The molecule has 0 radical (unpaired) electrons. The van der Waals surface area contributed by atoms with Crippen LogP contribution in [0.1, 0.15) is 56.2 Å². The fourth-order valence-electron chi connectivity index (χ4n) is 7.54. The number of imidazole rings is 1. The summed E-state index contributed by atoms with van der Waals surface area (Å²) in [4.78, 5) is 9.83. The molecule has 0 aliphatic rings. The number of hydrogen-bond donors (Lipinski definition) is 0. The smallest absolute Gasteiger partial charge is 0.299 e. The number of nitrogens with zero attached hydrogens (tertiary/aromatic N) is 4. The van der Waals surface area contributed by atoms with Crippen molar-refractivity contribution >= 4 is 57.4 Å². The Bertz CT molecular complexity index is 2580. The van der Waals surface area contributed by atoms with Crippen molar-refractivity contribution in [3.63, 3.8) is 0 Å². The third-order valence-corrected chi connectivity index (χ3v) is 11.8. The molecule has 3 heterocycles. The fourth-order valence-corrected chi connectivity index (χ4v) is 8.45. The number of aryl methyl sites for hydroxylation is 2. The van der Waals surface area contributed by atoms with Crippen LogP contribution in [-0.4, -0.2) is 22.6 Å². The van der Waals surface area contributed by atoms with Crippen LogP contribution in [0.5, 0.6) is 0 Å². The predicted octanol–water partition coefficient (Wildman–Crippen LogP) is 10.7. The van der Waals surface area contributed by atoms with Crippen LogP contribution in [0, 0.1) is 6.92 Å². The normalized spacial score (nSPS) is 12.5. The van der Waals surface area contributed by atoms with Crippen molar-refractivity contribution in [2.24, 2.45) is 7.05 Å². The van der Waals surface area contributed by atoms with Gasteiger partial charge in [0.2, 0.25) is 0 Å². The molecule has 0 spiro atoms. The summed E-state index contributed by atoms with van der Waals surface area (Å²) < 4.78 is 11.8. The van der Waals surface area contributed by atoms with Gasteiger partial charge in [-0.2, -0.15) is 4.57 Å². The Balaban J connectivity index is 1.48. The van der Waals surface area contributed by atoms with Gasteiger partial charge in [-0.05, 0) is 71.8 Å². The lowest BCUT2D eigenvalue weighted by atomic mass is 9.88. The van der Waals surface area contributed by atoms with E-state index in [9.17, 15) is 0 Å². The molecule has 0 aliphatic carbocycles. The molecule has 0 aliphatic heterocycles. The molecular formula is C44H45N4OSi+. The molecule has 0 saturated carbocycles. The SMILES string of the molecule is Cc1ccc2c(oc3cc4cnc([Si](C)(C)C)nc4cc32)c1-c1n(-c2c(C(C)C)cc(-c3ccccc3)cc2C(C)C)c2ccccc2[n+]1C. The molecule has 0 amide bonds. The van der Waals surface area contributed by atoms with Gasteiger partial charge in [-0.15, -0.1) is 0 Å². The highest BCUT2D eigenvalue weighted by atomic mass is 28.3. The maximum Gasteiger partial charge on any atom is 0.299 e. The average molecular weight is 674 g/mol. The second kappa shape index (κ2) is 11.8. The van der Waals surface area contributed by atoms with Crippen LogP contribution in [-0.2, 0) is 7.05 Å². The van der Waals surface area contributed by atoms with Gasteiger partial charge in [-0.1, -0.05) is 102 Å². The molecule has 0 saturated heterocycles. The zero-order chi connectivity index (χ0) is 35.1. The van der Waals surface area contributed by atoms with Crippen LogP contribution in [0.25, 0.3) is 72.1 Å². The highest BCUT2D eigenvalue weighted by Gasteiger charge is 2.34. The van der Waals surface area contributed by atoms with Gasteiger partial charge in [0.05, 0.1) is 12.6 Å². The lowest BCUT2D eigenvalue weighted by Gasteiger charge is -2.21. The van der Waals surface area contributed by atoms with E-state index in [-0.39, 0.29) is 0 Å². The van der Waals surface area contributed by atoms with Crippen molar-refractivity contribution in [3.8, 4) is 28.2 Å². The molecule has 50 heavy (non-hydrogen) atoms. The minimum Gasteiger partial charge on any atom is -0.455 e. The quantitative estimate of drug-likeness (QED) is 0.130. The topological polar surface area (TPSA) is 47.7 Å². The Morgan fingerprint density at radius 2 is 1.44 bits per heavy atom. The standard InChI is InChI=1S/C44H45N4OSi/c1-26(2)33-21-30(29-15-11-10-12-16-29)22-34(27(3)4)41(33)48-38-18-14-13-17-37(38)47(6)43(48)40-28(5)19-20-32-35-24-36-31(23-39(35)49-42(32)40)25-45-44(46-36)50(7,8)9/h10-27H,1-9H3/q+1. The van der Waals surface area contributed by atoms with Crippen LogP contribution in [0.3, 0.4) is 0 Å². The van der Waals surface area contributed by atoms with Crippen LogP contribution in [0.15, 0.2) is 102 Å². The van der Waals surface area contributed by atoms with E-state index in [0.717, 1.165) is 49.7 Å². The van der Waals surface area contributed by atoms with Gasteiger partial charge in [0.25, 0.3) is 5.82 Å². The van der Waals surface area contributed by atoms with E-state index < -0.39 is 8.07 Å². The first-order valence-electron chi connectivity index (χ1n) is 17.8. The second-order valence-electron chi connectivity index (χ2n) is 15.5. The van der Waals surface area contributed by atoms with Gasteiger partial charge in [0.1, 0.15) is 30.4 Å². The molecule has 8 rings (SSSR count). The molecule has 8 aromatic rings. The Hall–Kier alpha value is -5.07. The van der Waals surface area contributed by atoms with E-state index in [0.29, 0.717) is 11.8 Å². The van der Waals surface area contributed by atoms with E-state index in [2.05, 4.69) is 161 Å². The summed E-state index contributed by atoms with van der Waals surface area (Å²) in [7, 11) is 0.516. The number of benzene rings is 5. The van der Waals surface area contributed by atoms with Crippen molar-refractivity contribution < 1.29 is 8.98 Å². The highest BCUT2D eigenvalue weighted by Crippen LogP contribution is 2.43. The number of aromatic nitrogens is 4. The van der Waals surface area contributed by atoms with Gasteiger partial charge in [-0.25, -0.2) is 14.5 Å². The van der Waals surface area contributed by atoms with Crippen molar-refractivity contribution in [2.45, 2.75) is 66.1 Å². The van der Waals surface area contributed by atoms with Crippen LogP contribution >= 0.6 is 0 Å². The Kier molecular flexibility index (Phi) is 7.57. The summed E-state index contributed by atoms with van der Waals surface area (Å²) in [6, 6.07) is 33.2. The number of furan rings is 1. The first-order chi connectivity index (χ1) is 23.9.